The summed E-state index contributed by atoms with van der Waals surface area (Å²) >= 11 is 12.7. The van der Waals surface area contributed by atoms with Gasteiger partial charge in [-0.2, -0.15) is 0 Å². The van der Waals surface area contributed by atoms with E-state index in [1.54, 1.807) is 18.2 Å². The Bertz CT molecular complexity index is 1180. The van der Waals surface area contributed by atoms with Crippen LogP contribution in [0.4, 0.5) is 8.78 Å². The summed E-state index contributed by atoms with van der Waals surface area (Å²) in [5.41, 5.74) is 1.27. The molecule has 0 radical (unpaired) electrons. The Morgan fingerprint density at radius 3 is 2.13 bits per heavy atom. The molecule has 0 fully saturated rings. The third kappa shape index (κ3) is 10.0. The van der Waals surface area contributed by atoms with Crippen molar-refractivity contribution in [3.8, 4) is 11.5 Å². The normalized spacial score (nSPS) is 13.2. The Morgan fingerprint density at radius 2 is 1.53 bits per heavy atom. The van der Waals surface area contributed by atoms with Crippen molar-refractivity contribution >= 4 is 29.2 Å². The first-order valence-electron chi connectivity index (χ1n) is 11.4. The Balaban J connectivity index is 0.00000507. The van der Waals surface area contributed by atoms with E-state index in [-0.39, 0.29) is 65.8 Å². The third-order valence-electron chi connectivity index (χ3n) is 5.54. The van der Waals surface area contributed by atoms with Gasteiger partial charge in [0.2, 0.25) is 0 Å². The second-order valence-electron chi connectivity index (χ2n) is 8.43. The maximum Gasteiger partial charge on any atom is 1.00 e. The summed E-state index contributed by atoms with van der Waals surface area (Å²) in [5, 5.41) is 31.1. The fourth-order valence-corrected chi connectivity index (χ4v) is 4.41. The van der Waals surface area contributed by atoms with Gasteiger partial charge in [-0.3, -0.25) is 0 Å². The quantitative estimate of drug-likeness (QED) is 0.299. The van der Waals surface area contributed by atoms with Crippen LogP contribution in [0.5, 0.6) is 11.5 Å². The van der Waals surface area contributed by atoms with Gasteiger partial charge in [0.25, 0.3) is 0 Å². The van der Waals surface area contributed by atoms with E-state index in [0.29, 0.717) is 22.8 Å². The molecule has 2 unspecified atom stereocenters. The molecule has 3 aromatic carbocycles. The van der Waals surface area contributed by atoms with Crippen LogP contribution in [-0.4, -0.2) is 41.6 Å². The summed E-state index contributed by atoms with van der Waals surface area (Å²) in [7, 11) is 0. The molecule has 0 aliphatic rings. The number of carboxylic acid groups (broad SMARTS) is 1. The number of hydrogen-bond donors (Lipinski definition) is 2. The van der Waals surface area contributed by atoms with Crippen LogP contribution in [0.1, 0.15) is 36.3 Å². The van der Waals surface area contributed by atoms with E-state index in [2.05, 4.69) is 0 Å². The number of halogens is 4. The Morgan fingerprint density at radius 1 is 0.921 bits per heavy atom. The zero-order chi connectivity index (χ0) is 26.9. The van der Waals surface area contributed by atoms with Crippen molar-refractivity contribution in [1.82, 2.24) is 0 Å². The number of carbonyl (C=O) groups is 1. The molecule has 0 aliphatic heterocycles. The van der Waals surface area contributed by atoms with E-state index in [9.17, 15) is 28.9 Å². The number of rotatable bonds is 13. The van der Waals surface area contributed by atoms with Crippen LogP contribution in [0.3, 0.4) is 0 Å². The molecule has 0 saturated heterocycles. The second kappa shape index (κ2) is 15.6. The largest absolute Gasteiger partial charge is 1.00 e. The molecule has 38 heavy (non-hydrogen) atoms. The van der Waals surface area contributed by atoms with Crippen molar-refractivity contribution in [1.29, 1.82) is 0 Å². The Hall–Kier alpha value is -1.91. The number of ether oxygens (including phenoxy) is 2. The van der Waals surface area contributed by atoms with Crippen LogP contribution >= 0.6 is 23.2 Å². The minimum absolute atomic E-state index is 0. The average Bonchev–Trinajstić information content (AvgIpc) is 2.82. The van der Waals surface area contributed by atoms with Crippen LogP contribution in [-0.2, 0) is 4.79 Å². The average molecular weight is 577 g/mol. The van der Waals surface area contributed by atoms with Crippen LogP contribution in [0.2, 0.25) is 10.0 Å². The minimum Gasteiger partial charge on any atom is -0.550 e. The van der Waals surface area contributed by atoms with Gasteiger partial charge in [-0.25, -0.2) is 8.78 Å². The maximum atomic E-state index is 13.6. The Kier molecular flexibility index (Phi) is 13.3. The molecule has 0 heterocycles. The van der Waals surface area contributed by atoms with E-state index >= 15 is 0 Å². The second-order valence-corrected chi connectivity index (χ2v) is 9.28. The van der Waals surface area contributed by atoms with E-state index in [1.165, 1.54) is 42.5 Å². The summed E-state index contributed by atoms with van der Waals surface area (Å²) in [4.78, 5) is 10.7. The first kappa shape index (κ1) is 32.3. The van der Waals surface area contributed by atoms with Crippen molar-refractivity contribution in [2.45, 2.75) is 37.4 Å². The van der Waals surface area contributed by atoms with Gasteiger partial charge in [-0.1, -0.05) is 35.3 Å². The Labute approximate surface area is 251 Å². The first-order valence-corrected chi connectivity index (χ1v) is 12.2. The van der Waals surface area contributed by atoms with Gasteiger partial charge in [0.15, 0.2) is 0 Å². The van der Waals surface area contributed by atoms with Crippen molar-refractivity contribution in [3.63, 3.8) is 0 Å². The zero-order valence-corrected chi connectivity index (χ0v) is 24.1. The van der Waals surface area contributed by atoms with Gasteiger partial charge in [0, 0.05) is 35.3 Å². The molecular formula is C27H25Cl2F2NaO6. The fraction of sp³-hybridized carbons (Fsp3) is 0.296. The van der Waals surface area contributed by atoms with E-state index in [4.69, 9.17) is 32.7 Å². The number of hydrogen-bond acceptors (Lipinski definition) is 6. The fourth-order valence-electron chi connectivity index (χ4n) is 3.85. The molecule has 3 aromatic rings. The van der Waals surface area contributed by atoms with Gasteiger partial charge in [-0.05, 0) is 60.5 Å². The molecule has 0 amide bonds. The minimum atomic E-state index is -1.44. The van der Waals surface area contributed by atoms with Crippen molar-refractivity contribution < 1.29 is 67.9 Å². The van der Waals surface area contributed by atoms with Gasteiger partial charge >= 0.3 is 29.6 Å². The topological polar surface area (TPSA) is 99.1 Å². The predicted octanol–water partition coefficient (Wildman–Crippen LogP) is 1.51. The SMILES string of the molecule is O=C([O-])C[C@H](O)CC(O)COc1c(Cl)cc(Cl)cc1C(CCOc1ccc(F)cc1)c1ccc(F)cc1.[Na+]. The third-order valence-corrected chi connectivity index (χ3v) is 6.04. The molecule has 0 bridgehead atoms. The van der Waals surface area contributed by atoms with E-state index < -0.39 is 36.3 Å². The van der Waals surface area contributed by atoms with Crippen LogP contribution < -0.4 is 44.1 Å². The zero-order valence-electron chi connectivity index (χ0n) is 20.6. The predicted molar refractivity (Wildman–Crippen MR) is 133 cm³/mol. The maximum absolute atomic E-state index is 13.6. The van der Waals surface area contributed by atoms with Crippen LogP contribution in [0.15, 0.2) is 60.7 Å². The van der Waals surface area contributed by atoms with Crippen molar-refractivity contribution in [2.24, 2.45) is 0 Å². The molecule has 3 rings (SSSR count). The summed E-state index contributed by atoms with van der Waals surface area (Å²) in [6.07, 6.45) is -2.99. The summed E-state index contributed by atoms with van der Waals surface area (Å²) < 4.78 is 38.4. The van der Waals surface area contributed by atoms with Crippen molar-refractivity contribution in [3.05, 3.63) is 93.5 Å². The number of carboxylic acids is 1. The van der Waals surface area contributed by atoms with Gasteiger partial charge in [-0.15, -0.1) is 0 Å². The summed E-state index contributed by atoms with van der Waals surface area (Å²) in [6, 6.07) is 14.5. The molecule has 6 nitrogen and oxygen atoms in total. The molecule has 198 valence electrons. The van der Waals surface area contributed by atoms with Crippen LogP contribution in [0.25, 0.3) is 0 Å². The first-order chi connectivity index (χ1) is 17.6. The molecule has 11 heteroatoms. The van der Waals surface area contributed by atoms with Gasteiger partial charge in [0.1, 0.15) is 29.7 Å². The van der Waals surface area contributed by atoms with Crippen LogP contribution in [0, 0.1) is 11.6 Å². The molecule has 3 atom stereocenters. The molecule has 0 aliphatic carbocycles. The number of carbonyl (C=O) groups excluding carboxylic acids is 1. The smallest absolute Gasteiger partial charge is 0.550 e. The summed E-state index contributed by atoms with van der Waals surface area (Å²) in [5.74, 6) is -1.97. The van der Waals surface area contributed by atoms with E-state index in [0.717, 1.165) is 5.56 Å². The monoisotopic (exact) mass is 576 g/mol. The number of benzene rings is 3. The number of aliphatic hydroxyl groups excluding tert-OH is 2. The van der Waals surface area contributed by atoms with Crippen molar-refractivity contribution in [2.75, 3.05) is 13.2 Å². The molecule has 0 saturated carbocycles. The standard InChI is InChI=1S/C27H26Cl2F2O6.Na/c28-17-11-24(27(25(29)12-17)37-15-21(33)13-20(32)14-26(34)35)23(16-1-3-18(30)4-2-16)9-10-36-22-7-5-19(31)6-8-22;/h1-8,11-12,20-21,23,32-33H,9-10,13-15H2,(H,34,35);/q;+1/p-1/t20-,21?,23?;/m1./s1. The molecule has 2 N–H and O–H groups in total. The molecule has 0 aromatic heterocycles. The van der Waals surface area contributed by atoms with E-state index in [1.807, 2.05) is 0 Å². The number of aliphatic carboxylic acids is 1. The van der Waals surface area contributed by atoms with Gasteiger partial charge < -0.3 is 29.6 Å². The van der Waals surface area contributed by atoms with Gasteiger partial charge in [0.05, 0.1) is 23.8 Å². The summed E-state index contributed by atoms with van der Waals surface area (Å²) in [6.45, 7) is -0.0873. The number of aliphatic hydroxyl groups is 2. The molecular weight excluding hydrogens is 552 g/mol. The molecule has 0 spiro atoms.